The van der Waals surface area contributed by atoms with Crippen molar-refractivity contribution in [2.24, 2.45) is 0 Å². The maximum absolute atomic E-state index is 12.5. The molecule has 1 aromatic rings. The summed E-state index contributed by atoms with van der Waals surface area (Å²) in [6.45, 7) is 0. The second-order valence-corrected chi connectivity index (χ2v) is 3.65. The summed E-state index contributed by atoms with van der Waals surface area (Å²) in [5.74, 6) is -1.73. The molecule has 84 valence electrons. The first-order chi connectivity index (χ1) is 7.27. The van der Waals surface area contributed by atoms with E-state index in [1.54, 1.807) is 6.07 Å². The monoisotopic (exact) mass is 293 g/mol. The van der Waals surface area contributed by atoms with Crippen LogP contribution in [0.2, 0.25) is 0 Å². The summed E-state index contributed by atoms with van der Waals surface area (Å²) in [5.41, 5.74) is -2.39. The van der Waals surface area contributed by atoms with Crippen molar-refractivity contribution in [2.75, 3.05) is 0 Å². The Morgan fingerprint density at radius 2 is 2.00 bits per heavy atom. The van der Waals surface area contributed by atoms with E-state index in [2.05, 4.69) is 15.9 Å². The maximum atomic E-state index is 12.5. The van der Waals surface area contributed by atoms with E-state index in [1.807, 2.05) is 0 Å². The molecule has 0 saturated carbocycles. The third kappa shape index (κ3) is 2.33. The number of carboxylic acids is 1. The van der Waals surface area contributed by atoms with Crippen LogP contribution in [0.1, 0.15) is 21.5 Å². The van der Waals surface area contributed by atoms with Gasteiger partial charge in [-0.15, -0.1) is 0 Å². The Morgan fingerprint density at radius 1 is 1.44 bits per heavy atom. The number of hydrogen-bond donors (Lipinski definition) is 1. The predicted octanol–water partition coefficient (Wildman–Crippen LogP) is 3.04. The highest BCUT2D eigenvalue weighted by Crippen LogP contribution is 2.35. The van der Waals surface area contributed by atoms with Gasteiger partial charge >= 0.3 is 12.1 Å². The Bertz CT molecular complexity index is 491. The van der Waals surface area contributed by atoms with Gasteiger partial charge in [0.2, 0.25) is 0 Å². The topological polar surface area (TPSA) is 61.1 Å². The van der Waals surface area contributed by atoms with Crippen molar-refractivity contribution in [2.45, 2.75) is 6.18 Å². The van der Waals surface area contributed by atoms with Crippen molar-refractivity contribution >= 4 is 21.9 Å². The second-order valence-electron chi connectivity index (χ2n) is 2.79. The van der Waals surface area contributed by atoms with Crippen LogP contribution in [-0.4, -0.2) is 11.1 Å². The molecule has 1 rings (SSSR count). The minimum atomic E-state index is -4.77. The standard InChI is InChI=1S/C9H3BrF3NO2/c10-7-2-6(9(11,12)13)5(8(15)16)1-4(7)3-14/h1-2H,(H,15,16). The first kappa shape index (κ1) is 12.5. The van der Waals surface area contributed by atoms with E-state index in [4.69, 9.17) is 10.4 Å². The molecule has 0 heterocycles. The Morgan fingerprint density at radius 3 is 2.38 bits per heavy atom. The summed E-state index contributed by atoms with van der Waals surface area (Å²) >= 11 is 2.77. The van der Waals surface area contributed by atoms with E-state index in [0.29, 0.717) is 12.1 Å². The zero-order valence-electron chi connectivity index (χ0n) is 7.47. The van der Waals surface area contributed by atoms with Crippen molar-refractivity contribution < 1.29 is 23.1 Å². The summed E-state index contributed by atoms with van der Waals surface area (Å²) < 4.78 is 37.3. The molecular weight excluding hydrogens is 291 g/mol. The van der Waals surface area contributed by atoms with Gasteiger partial charge in [0.1, 0.15) is 6.07 Å². The molecule has 0 unspecified atom stereocenters. The fourth-order valence-electron chi connectivity index (χ4n) is 1.07. The highest BCUT2D eigenvalue weighted by molar-refractivity contribution is 9.10. The fourth-order valence-corrected chi connectivity index (χ4v) is 1.50. The maximum Gasteiger partial charge on any atom is 0.417 e. The van der Waals surface area contributed by atoms with Gasteiger partial charge in [0.05, 0.1) is 16.7 Å². The number of hydrogen-bond acceptors (Lipinski definition) is 2. The molecule has 0 radical (unpaired) electrons. The highest BCUT2D eigenvalue weighted by Gasteiger charge is 2.36. The smallest absolute Gasteiger partial charge is 0.417 e. The SMILES string of the molecule is N#Cc1cc(C(=O)O)c(C(F)(F)F)cc1Br. The van der Waals surface area contributed by atoms with E-state index < -0.39 is 23.3 Å². The molecule has 0 saturated heterocycles. The minimum Gasteiger partial charge on any atom is -0.478 e. The van der Waals surface area contributed by atoms with Crippen LogP contribution in [0, 0.1) is 11.3 Å². The van der Waals surface area contributed by atoms with Crippen LogP contribution in [0.5, 0.6) is 0 Å². The third-order valence-electron chi connectivity index (χ3n) is 1.76. The first-order valence-electron chi connectivity index (χ1n) is 3.81. The lowest BCUT2D eigenvalue weighted by atomic mass is 10.0. The lowest BCUT2D eigenvalue weighted by Crippen LogP contribution is -2.13. The molecule has 16 heavy (non-hydrogen) atoms. The Balaban J connectivity index is 3.57. The van der Waals surface area contributed by atoms with Crippen LogP contribution in [0.4, 0.5) is 13.2 Å². The average molecular weight is 294 g/mol. The summed E-state index contributed by atoms with van der Waals surface area (Å²) in [6, 6.07) is 2.87. The molecule has 0 aliphatic carbocycles. The van der Waals surface area contributed by atoms with Gasteiger partial charge < -0.3 is 5.11 Å². The normalized spacial score (nSPS) is 10.9. The number of carbonyl (C=O) groups is 1. The summed E-state index contributed by atoms with van der Waals surface area (Å²) in [5, 5.41) is 17.2. The van der Waals surface area contributed by atoms with Crippen molar-refractivity contribution in [3.8, 4) is 6.07 Å². The Hall–Kier alpha value is -1.55. The van der Waals surface area contributed by atoms with Crippen LogP contribution >= 0.6 is 15.9 Å². The van der Waals surface area contributed by atoms with E-state index >= 15 is 0 Å². The van der Waals surface area contributed by atoms with Crippen LogP contribution in [-0.2, 0) is 6.18 Å². The zero-order valence-corrected chi connectivity index (χ0v) is 9.06. The van der Waals surface area contributed by atoms with Crippen LogP contribution < -0.4 is 0 Å². The lowest BCUT2D eigenvalue weighted by molar-refractivity contribution is -0.138. The van der Waals surface area contributed by atoms with E-state index in [1.165, 1.54) is 0 Å². The molecule has 0 aromatic heterocycles. The van der Waals surface area contributed by atoms with Crippen molar-refractivity contribution in [1.82, 2.24) is 0 Å². The zero-order chi connectivity index (χ0) is 12.5. The van der Waals surface area contributed by atoms with Gasteiger partial charge in [-0.1, -0.05) is 0 Å². The molecule has 1 aromatic carbocycles. The predicted molar refractivity (Wildman–Crippen MR) is 50.8 cm³/mol. The number of aromatic carboxylic acids is 1. The van der Waals surface area contributed by atoms with Gasteiger partial charge in [-0.05, 0) is 28.1 Å². The van der Waals surface area contributed by atoms with E-state index in [-0.39, 0.29) is 10.0 Å². The third-order valence-corrected chi connectivity index (χ3v) is 2.42. The summed E-state index contributed by atoms with van der Waals surface area (Å²) in [4.78, 5) is 10.6. The van der Waals surface area contributed by atoms with Gasteiger partial charge in [-0.2, -0.15) is 18.4 Å². The molecule has 0 fully saturated rings. The molecule has 0 spiro atoms. The molecule has 7 heteroatoms. The van der Waals surface area contributed by atoms with E-state index in [0.717, 1.165) is 0 Å². The Labute approximate surface area is 96.2 Å². The molecule has 3 nitrogen and oxygen atoms in total. The first-order valence-corrected chi connectivity index (χ1v) is 4.60. The molecule has 1 N–H and O–H groups in total. The number of nitriles is 1. The molecule has 0 aliphatic rings. The highest BCUT2D eigenvalue weighted by atomic mass is 79.9. The van der Waals surface area contributed by atoms with Gasteiger partial charge in [0.25, 0.3) is 0 Å². The molecular formula is C9H3BrF3NO2. The number of nitrogens with zero attached hydrogens (tertiary/aromatic N) is 1. The molecule has 0 atom stereocenters. The number of benzene rings is 1. The number of carboxylic acid groups (broad SMARTS) is 1. The van der Waals surface area contributed by atoms with E-state index in [9.17, 15) is 18.0 Å². The lowest BCUT2D eigenvalue weighted by Gasteiger charge is -2.11. The molecule has 0 aliphatic heterocycles. The number of rotatable bonds is 1. The largest absolute Gasteiger partial charge is 0.478 e. The number of halogens is 4. The van der Waals surface area contributed by atoms with Gasteiger partial charge in [0, 0.05) is 4.47 Å². The van der Waals surface area contributed by atoms with Crippen LogP contribution in [0.15, 0.2) is 16.6 Å². The van der Waals surface area contributed by atoms with Gasteiger partial charge in [0.15, 0.2) is 0 Å². The summed E-state index contributed by atoms with van der Waals surface area (Å²) in [7, 11) is 0. The van der Waals surface area contributed by atoms with Crippen LogP contribution in [0.3, 0.4) is 0 Å². The van der Waals surface area contributed by atoms with Gasteiger partial charge in [-0.3, -0.25) is 0 Å². The second kappa shape index (κ2) is 4.14. The fraction of sp³-hybridized carbons (Fsp3) is 0.111. The number of alkyl halides is 3. The average Bonchev–Trinajstić information content (AvgIpc) is 2.15. The van der Waals surface area contributed by atoms with Crippen molar-refractivity contribution in [1.29, 1.82) is 5.26 Å². The minimum absolute atomic E-state index is 0.0904. The quantitative estimate of drug-likeness (QED) is 0.866. The molecule has 0 amide bonds. The molecule has 0 bridgehead atoms. The van der Waals surface area contributed by atoms with Crippen molar-refractivity contribution in [3.05, 3.63) is 33.3 Å². The van der Waals surface area contributed by atoms with Crippen molar-refractivity contribution in [3.63, 3.8) is 0 Å². The Kier molecular flexibility index (Phi) is 3.24. The van der Waals surface area contributed by atoms with Gasteiger partial charge in [-0.25, -0.2) is 4.79 Å². The van der Waals surface area contributed by atoms with Crippen LogP contribution in [0.25, 0.3) is 0 Å². The summed E-state index contributed by atoms with van der Waals surface area (Å²) in [6.07, 6.45) is -4.77.